The average Bonchev–Trinajstić information content (AvgIpc) is 2.78. The first-order chi connectivity index (χ1) is 9.10. The second-order valence-electron chi connectivity index (χ2n) is 3.85. The van der Waals surface area contributed by atoms with E-state index in [4.69, 9.17) is 16.3 Å². The van der Waals surface area contributed by atoms with Crippen molar-refractivity contribution in [3.05, 3.63) is 33.1 Å². The van der Waals surface area contributed by atoms with E-state index < -0.39 is 5.03 Å². The molecule has 1 aromatic heterocycles. The molecule has 0 spiro atoms. The van der Waals surface area contributed by atoms with E-state index in [0.717, 1.165) is 5.56 Å². The second kappa shape index (κ2) is 5.70. The van der Waals surface area contributed by atoms with Crippen molar-refractivity contribution < 1.29 is 9.77 Å². The van der Waals surface area contributed by atoms with Gasteiger partial charge in [-0.2, -0.15) is 0 Å². The van der Waals surface area contributed by atoms with Gasteiger partial charge >= 0.3 is 0 Å². The fourth-order valence-corrected chi connectivity index (χ4v) is 1.95. The van der Waals surface area contributed by atoms with E-state index >= 15 is 0 Å². The summed E-state index contributed by atoms with van der Waals surface area (Å²) in [6.45, 7) is 1.70. The van der Waals surface area contributed by atoms with Crippen molar-refractivity contribution in [3.8, 4) is 5.75 Å². The van der Waals surface area contributed by atoms with E-state index in [0.29, 0.717) is 25.4 Å². The number of hydrogen-bond acceptors (Lipinski definition) is 4. The molecule has 8 nitrogen and oxygen atoms in total. The predicted molar refractivity (Wildman–Crippen MR) is 68.6 cm³/mol. The quantitative estimate of drug-likeness (QED) is 0.497. The lowest BCUT2D eigenvalue weighted by Crippen LogP contribution is -2.30. The monoisotopic (exact) mass is 285 g/mol. The van der Waals surface area contributed by atoms with Crippen molar-refractivity contribution >= 4 is 17.6 Å². The summed E-state index contributed by atoms with van der Waals surface area (Å²) in [7, 11) is 1.50. The van der Waals surface area contributed by atoms with Gasteiger partial charge in [0.1, 0.15) is 5.10 Å². The number of methoxy groups -OCH3 is 1. The van der Waals surface area contributed by atoms with Crippen LogP contribution in [-0.2, 0) is 6.54 Å². The largest absolute Gasteiger partial charge is 0.494 e. The molecule has 102 valence electrons. The number of nitrogens with zero attached hydrogens (tertiary/aromatic N) is 4. The number of aromatic nitrogens is 1. The Balaban J connectivity index is 2.14. The van der Waals surface area contributed by atoms with Crippen molar-refractivity contribution in [2.24, 2.45) is 5.10 Å². The van der Waals surface area contributed by atoms with Crippen molar-refractivity contribution in [2.75, 3.05) is 20.2 Å². The number of nitrogens with one attached hydrogen (secondary N) is 1. The molecular formula is C10H12ClN5O3. The van der Waals surface area contributed by atoms with E-state index in [1.165, 1.54) is 7.11 Å². The lowest BCUT2D eigenvalue weighted by atomic mass is 10.2. The Morgan fingerprint density at radius 2 is 2.53 bits per heavy atom. The Morgan fingerprint density at radius 1 is 1.74 bits per heavy atom. The highest BCUT2D eigenvalue weighted by atomic mass is 35.5. The molecule has 0 aliphatic carbocycles. The van der Waals surface area contributed by atoms with Crippen molar-refractivity contribution in [1.82, 2.24) is 15.2 Å². The Morgan fingerprint density at radius 3 is 3.21 bits per heavy atom. The summed E-state index contributed by atoms with van der Waals surface area (Å²) in [5, 5.41) is 16.1. The molecule has 0 bridgehead atoms. The Bertz CT molecular complexity index is 522. The summed E-state index contributed by atoms with van der Waals surface area (Å²) in [6.07, 6.45) is 1.60. The van der Waals surface area contributed by atoms with Gasteiger partial charge in [0.15, 0.2) is 15.9 Å². The normalized spacial score (nSPS) is 16.5. The van der Waals surface area contributed by atoms with Crippen LogP contribution in [-0.4, -0.2) is 41.1 Å². The standard InChI is InChI=1S/C10H12ClN5O3/c1-19-8-4-7(5-13-9(8)11)6-15-3-2-12-10(15)14-16(17)18/h4-5H,2-3,6H2,1H3,(H,12,14). The van der Waals surface area contributed by atoms with E-state index in [1.807, 2.05) is 0 Å². The number of ether oxygens (including phenoxy) is 1. The van der Waals surface area contributed by atoms with Gasteiger partial charge in [-0.3, -0.25) is 0 Å². The van der Waals surface area contributed by atoms with E-state index in [2.05, 4.69) is 15.4 Å². The third kappa shape index (κ3) is 3.22. The number of rotatable bonds is 4. The van der Waals surface area contributed by atoms with Gasteiger partial charge in [-0.25, -0.2) is 15.1 Å². The first-order valence-corrected chi connectivity index (χ1v) is 5.88. The molecule has 1 aliphatic heterocycles. The molecule has 0 radical (unpaired) electrons. The minimum Gasteiger partial charge on any atom is -0.494 e. The summed E-state index contributed by atoms with van der Waals surface area (Å²) in [6, 6.07) is 1.75. The number of halogens is 1. The minimum atomic E-state index is -0.721. The SMILES string of the molecule is COc1cc(CN2CCN/C2=N\[N+](=O)[O-])cnc1Cl. The van der Waals surface area contributed by atoms with Gasteiger partial charge in [-0.15, -0.1) is 0 Å². The van der Waals surface area contributed by atoms with Crippen LogP contribution in [0.15, 0.2) is 17.4 Å². The van der Waals surface area contributed by atoms with Crippen LogP contribution in [0.25, 0.3) is 0 Å². The topological polar surface area (TPSA) is 92.9 Å². The maximum absolute atomic E-state index is 10.4. The third-order valence-corrected chi connectivity index (χ3v) is 2.88. The first kappa shape index (κ1) is 13.3. The Kier molecular flexibility index (Phi) is 4.00. The molecule has 1 saturated heterocycles. The van der Waals surface area contributed by atoms with E-state index in [-0.39, 0.29) is 11.1 Å². The number of guanidine groups is 1. The number of hydrazone groups is 1. The third-order valence-electron chi connectivity index (χ3n) is 2.60. The van der Waals surface area contributed by atoms with Crippen LogP contribution in [0.5, 0.6) is 5.75 Å². The van der Waals surface area contributed by atoms with Crippen LogP contribution in [0, 0.1) is 10.1 Å². The van der Waals surface area contributed by atoms with Crippen molar-refractivity contribution in [2.45, 2.75) is 6.54 Å². The summed E-state index contributed by atoms with van der Waals surface area (Å²) in [5.41, 5.74) is 0.834. The Hall–Kier alpha value is -2.09. The van der Waals surface area contributed by atoms with Crippen molar-refractivity contribution in [3.63, 3.8) is 0 Å². The van der Waals surface area contributed by atoms with Crippen LogP contribution < -0.4 is 10.1 Å². The average molecular weight is 286 g/mol. The van der Waals surface area contributed by atoms with E-state index in [1.54, 1.807) is 17.2 Å². The number of pyridine rings is 1. The van der Waals surface area contributed by atoms with Gasteiger partial charge < -0.3 is 15.0 Å². The molecule has 19 heavy (non-hydrogen) atoms. The molecule has 1 N–H and O–H groups in total. The van der Waals surface area contributed by atoms with Crippen LogP contribution in [0.4, 0.5) is 0 Å². The van der Waals surface area contributed by atoms with Gasteiger partial charge in [0.25, 0.3) is 5.96 Å². The summed E-state index contributed by atoms with van der Waals surface area (Å²) in [5.74, 6) is 0.720. The molecule has 0 unspecified atom stereocenters. The predicted octanol–water partition coefficient (Wildman–Crippen LogP) is 0.696. The van der Waals surface area contributed by atoms with Gasteiger partial charge in [-0.1, -0.05) is 11.6 Å². The lowest BCUT2D eigenvalue weighted by Gasteiger charge is -2.15. The van der Waals surface area contributed by atoms with Gasteiger partial charge in [0.05, 0.1) is 7.11 Å². The fraction of sp³-hybridized carbons (Fsp3) is 0.400. The molecule has 1 aliphatic rings. The molecule has 2 rings (SSSR count). The molecular weight excluding hydrogens is 274 g/mol. The first-order valence-electron chi connectivity index (χ1n) is 5.50. The highest BCUT2D eigenvalue weighted by Gasteiger charge is 2.21. The van der Waals surface area contributed by atoms with Crippen LogP contribution >= 0.6 is 11.6 Å². The molecule has 9 heteroatoms. The zero-order chi connectivity index (χ0) is 13.8. The van der Waals surface area contributed by atoms with Crippen LogP contribution in [0.2, 0.25) is 5.15 Å². The Labute approximate surface area is 114 Å². The molecule has 1 aromatic rings. The highest BCUT2D eigenvalue weighted by molar-refractivity contribution is 6.30. The number of nitro groups is 1. The van der Waals surface area contributed by atoms with Gasteiger partial charge in [-0.05, 0) is 11.6 Å². The van der Waals surface area contributed by atoms with Gasteiger partial charge in [0.2, 0.25) is 0 Å². The lowest BCUT2D eigenvalue weighted by molar-refractivity contribution is -0.485. The maximum atomic E-state index is 10.4. The minimum absolute atomic E-state index is 0.249. The molecule has 0 aromatic carbocycles. The van der Waals surface area contributed by atoms with Crippen LogP contribution in [0.1, 0.15) is 5.56 Å². The highest BCUT2D eigenvalue weighted by Crippen LogP contribution is 2.23. The molecule has 0 amide bonds. The molecule has 1 fully saturated rings. The zero-order valence-electron chi connectivity index (χ0n) is 10.2. The summed E-state index contributed by atoms with van der Waals surface area (Å²) < 4.78 is 5.07. The molecule has 0 atom stereocenters. The molecule has 0 saturated carbocycles. The fourth-order valence-electron chi connectivity index (χ4n) is 1.77. The van der Waals surface area contributed by atoms with E-state index in [9.17, 15) is 10.1 Å². The number of hydrogen-bond donors (Lipinski definition) is 1. The second-order valence-corrected chi connectivity index (χ2v) is 4.20. The molecule has 2 heterocycles. The summed E-state index contributed by atoms with van der Waals surface area (Å²) in [4.78, 5) is 16.2. The zero-order valence-corrected chi connectivity index (χ0v) is 10.9. The van der Waals surface area contributed by atoms with Gasteiger partial charge in [0, 0.05) is 25.8 Å². The maximum Gasteiger partial charge on any atom is 0.271 e. The smallest absolute Gasteiger partial charge is 0.271 e. The van der Waals surface area contributed by atoms with Crippen molar-refractivity contribution in [1.29, 1.82) is 0 Å². The van der Waals surface area contributed by atoms with Crippen LogP contribution in [0.3, 0.4) is 0 Å². The summed E-state index contributed by atoms with van der Waals surface area (Å²) >= 11 is 5.84.